The van der Waals surface area contributed by atoms with Crippen LogP contribution in [0.2, 0.25) is 0 Å². The van der Waals surface area contributed by atoms with Crippen LogP contribution in [0, 0.1) is 10.2 Å². The number of aromatic nitrogens is 3. The topological polar surface area (TPSA) is 46.2 Å². The van der Waals surface area contributed by atoms with E-state index >= 15 is 0 Å². The summed E-state index contributed by atoms with van der Waals surface area (Å²) >= 11 is 5.56. The van der Waals surface area contributed by atoms with Crippen LogP contribution in [0.1, 0.15) is 50.4 Å². The van der Waals surface area contributed by atoms with Gasteiger partial charge in [0.25, 0.3) is 0 Å². The standard InChI is InChI=1S/C14H22N4OS/c19-8-12-15-17(13(20)18(12)11-2-3-11)10-16-7-6-14(9-16)4-1-5-14/h11,19H,1-10H2. The summed E-state index contributed by atoms with van der Waals surface area (Å²) in [6.45, 7) is 3.12. The molecule has 1 aromatic rings. The molecule has 6 heteroatoms. The second-order valence-corrected chi connectivity index (χ2v) is 7.12. The lowest BCUT2D eigenvalue weighted by atomic mass is 9.68. The molecule has 2 aliphatic carbocycles. The Labute approximate surface area is 124 Å². The zero-order valence-corrected chi connectivity index (χ0v) is 12.6. The van der Waals surface area contributed by atoms with Gasteiger partial charge in [-0.25, -0.2) is 4.68 Å². The first-order chi connectivity index (χ1) is 9.71. The Morgan fingerprint density at radius 1 is 1.30 bits per heavy atom. The molecule has 1 aliphatic heterocycles. The van der Waals surface area contributed by atoms with Gasteiger partial charge in [0.15, 0.2) is 10.6 Å². The lowest BCUT2D eigenvalue weighted by Gasteiger charge is -2.38. The Bertz CT molecular complexity index is 570. The third kappa shape index (κ3) is 2.05. The summed E-state index contributed by atoms with van der Waals surface area (Å²) in [5, 5.41) is 14.0. The molecule has 1 aromatic heterocycles. The van der Waals surface area contributed by atoms with Crippen molar-refractivity contribution in [2.45, 2.75) is 57.8 Å². The van der Waals surface area contributed by atoms with E-state index in [1.54, 1.807) is 0 Å². The van der Waals surface area contributed by atoms with Crippen molar-refractivity contribution >= 4 is 12.2 Å². The largest absolute Gasteiger partial charge is 0.388 e. The van der Waals surface area contributed by atoms with Crippen molar-refractivity contribution in [2.75, 3.05) is 13.1 Å². The van der Waals surface area contributed by atoms with Crippen LogP contribution >= 0.6 is 12.2 Å². The van der Waals surface area contributed by atoms with E-state index in [4.69, 9.17) is 12.2 Å². The Morgan fingerprint density at radius 2 is 2.10 bits per heavy atom. The molecule has 110 valence electrons. The summed E-state index contributed by atoms with van der Waals surface area (Å²) in [5.41, 5.74) is 0.612. The molecule has 4 rings (SSSR count). The van der Waals surface area contributed by atoms with Crippen molar-refractivity contribution in [1.29, 1.82) is 0 Å². The quantitative estimate of drug-likeness (QED) is 0.864. The maximum absolute atomic E-state index is 9.47. The molecular formula is C14H22N4OS. The maximum Gasteiger partial charge on any atom is 0.199 e. The number of hydrogen-bond acceptors (Lipinski definition) is 4. The van der Waals surface area contributed by atoms with Gasteiger partial charge in [0.1, 0.15) is 6.61 Å². The average Bonchev–Trinajstić information content (AvgIpc) is 3.06. The molecule has 3 fully saturated rings. The van der Waals surface area contributed by atoms with E-state index in [2.05, 4.69) is 14.6 Å². The number of nitrogens with zero attached hydrogens (tertiary/aromatic N) is 4. The fourth-order valence-electron chi connectivity index (χ4n) is 3.79. The molecule has 0 amide bonds. The molecule has 0 aromatic carbocycles. The van der Waals surface area contributed by atoms with Crippen LogP contribution in [-0.2, 0) is 13.3 Å². The van der Waals surface area contributed by atoms with E-state index in [9.17, 15) is 5.11 Å². The first-order valence-corrected chi connectivity index (χ1v) is 8.13. The van der Waals surface area contributed by atoms with Crippen LogP contribution in [0.3, 0.4) is 0 Å². The maximum atomic E-state index is 9.47. The number of rotatable bonds is 4. The van der Waals surface area contributed by atoms with E-state index in [0.29, 0.717) is 11.5 Å². The van der Waals surface area contributed by atoms with Crippen LogP contribution in [0.25, 0.3) is 0 Å². The van der Waals surface area contributed by atoms with Crippen LogP contribution in [0.15, 0.2) is 0 Å². The smallest absolute Gasteiger partial charge is 0.199 e. The highest BCUT2D eigenvalue weighted by Crippen LogP contribution is 2.48. The van der Waals surface area contributed by atoms with Crippen molar-refractivity contribution in [1.82, 2.24) is 19.2 Å². The summed E-state index contributed by atoms with van der Waals surface area (Å²) in [5.74, 6) is 0.732. The van der Waals surface area contributed by atoms with E-state index in [1.807, 2.05) is 4.68 Å². The minimum Gasteiger partial charge on any atom is -0.388 e. The second kappa shape index (κ2) is 4.64. The van der Waals surface area contributed by atoms with Crippen LogP contribution in [-0.4, -0.2) is 37.4 Å². The van der Waals surface area contributed by atoms with Crippen molar-refractivity contribution < 1.29 is 5.11 Å². The number of likely N-dealkylation sites (tertiary alicyclic amines) is 1. The van der Waals surface area contributed by atoms with Crippen molar-refractivity contribution in [3.8, 4) is 0 Å². The molecule has 20 heavy (non-hydrogen) atoms. The zero-order chi connectivity index (χ0) is 13.7. The lowest BCUT2D eigenvalue weighted by molar-refractivity contribution is 0.126. The third-order valence-corrected chi connectivity index (χ3v) is 5.67. The van der Waals surface area contributed by atoms with Crippen LogP contribution < -0.4 is 0 Å². The molecular weight excluding hydrogens is 272 g/mol. The van der Waals surface area contributed by atoms with Crippen LogP contribution in [0.5, 0.6) is 0 Å². The van der Waals surface area contributed by atoms with E-state index in [0.717, 1.165) is 23.8 Å². The molecule has 1 saturated heterocycles. The van der Waals surface area contributed by atoms with Gasteiger partial charge in [-0.2, -0.15) is 5.10 Å². The van der Waals surface area contributed by atoms with Gasteiger partial charge in [-0.3, -0.25) is 9.47 Å². The van der Waals surface area contributed by atoms with Crippen molar-refractivity contribution in [3.63, 3.8) is 0 Å². The fraction of sp³-hybridized carbons (Fsp3) is 0.857. The molecule has 0 radical (unpaired) electrons. The molecule has 1 N–H and O–H groups in total. The SMILES string of the molecule is OCc1nn(CN2CCC3(CCC3)C2)c(=S)n1C1CC1. The second-order valence-electron chi connectivity index (χ2n) is 6.76. The first-order valence-electron chi connectivity index (χ1n) is 7.72. The first kappa shape index (κ1) is 13.0. The fourth-order valence-corrected chi connectivity index (χ4v) is 4.14. The molecule has 0 atom stereocenters. The van der Waals surface area contributed by atoms with Gasteiger partial charge in [0.05, 0.1) is 6.67 Å². The summed E-state index contributed by atoms with van der Waals surface area (Å²) in [4.78, 5) is 2.47. The number of hydrogen-bond donors (Lipinski definition) is 1. The van der Waals surface area contributed by atoms with E-state index in [1.165, 1.54) is 45.1 Å². The molecule has 1 spiro atoms. The molecule has 5 nitrogen and oxygen atoms in total. The molecule has 2 heterocycles. The average molecular weight is 294 g/mol. The van der Waals surface area contributed by atoms with Gasteiger partial charge in [-0.05, 0) is 49.7 Å². The predicted octanol–water partition coefficient (Wildman–Crippen LogP) is 2.07. The van der Waals surface area contributed by atoms with E-state index in [-0.39, 0.29) is 6.61 Å². The predicted molar refractivity (Wildman–Crippen MR) is 77.7 cm³/mol. The highest BCUT2D eigenvalue weighted by molar-refractivity contribution is 7.71. The van der Waals surface area contributed by atoms with Gasteiger partial charge in [-0.15, -0.1) is 0 Å². The molecule has 0 unspecified atom stereocenters. The van der Waals surface area contributed by atoms with Crippen molar-refractivity contribution in [2.24, 2.45) is 5.41 Å². The van der Waals surface area contributed by atoms with Gasteiger partial charge < -0.3 is 5.11 Å². The Balaban J connectivity index is 1.53. The number of aliphatic hydroxyl groups excluding tert-OH is 1. The lowest BCUT2D eigenvalue weighted by Crippen LogP contribution is -2.34. The monoisotopic (exact) mass is 294 g/mol. The number of aliphatic hydroxyl groups is 1. The summed E-state index contributed by atoms with van der Waals surface area (Å²) in [6, 6.07) is 0.481. The highest BCUT2D eigenvalue weighted by atomic mass is 32.1. The Hall–Kier alpha value is -0.720. The van der Waals surface area contributed by atoms with E-state index < -0.39 is 0 Å². The minimum absolute atomic E-state index is 0.0168. The summed E-state index contributed by atoms with van der Waals surface area (Å²) in [6.07, 6.45) is 7.86. The highest BCUT2D eigenvalue weighted by Gasteiger charge is 2.42. The molecule has 3 aliphatic rings. The zero-order valence-electron chi connectivity index (χ0n) is 11.8. The van der Waals surface area contributed by atoms with Gasteiger partial charge in [-0.1, -0.05) is 6.42 Å². The van der Waals surface area contributed by atoms with Gasteiger partial charge in [0, 0.05) is 19.1 Å². The van der Waals surface area contributed by atoms with Gasteiger partial charge >= 0.3 is 0 Å². The summed E-state index contributed by atoms with van der Waals surface area (Å²) in [7, 11) is 0. The van der Waals surface area contributed by atoms with Crippen molar-refractivity contribution in [3.05, 3.63) is 10.6 Å². The minimum atomic E-state index is -0.0168. The van der Waals surface area contributed by atoms with Crippen LogP contribution in [0.4, 0.5) is 0 Å². The third-order valence-electron chi connectivity index (χ3n) is 5.26. The Morgan fingerprint density at radius 3 is 2.65 bits per heavy atom. The Kier molecular flexibility index (Phi) is 3.01. The summed E-state index contributed by atoms with van der Waals surface area (Å²) < 4.78 is 4.76. The molecule has 2 saturated carbocycles. The molecule has 0 bridgehead atoms. The normalized spacial score (nSPS) is 25.2. The van der Waals surface area contributed by atoms with Gasteiger partial charge in [0.2, 0.25) is 0 Å².